The molecule has 0 fully saturated rings. The third-order valence-corrected chi connectivity index (χ3v) is 5.16. The van der Waals surface area contributed by atoms with Crippen LogP contribution in [0, 0.1) is 5.82 Å². The molecule has 1 rings (SSSR count). The molecule has 0 aliphatic rings. The molecule has 7 heteroatoms. The van der Waals surface area contributed by atoms with Crippen LogP contribution in [0.2, 0.25) is 0 Å². The van der Waals surface area contributed by atoms with Gasteiger partial charge in [-0.2, -0.15) is 0 Å². The number of benzene rings is 1. The second-order valence-corrected chi connectivity index (χ2v) is 6.73. The summed E-state index contributed by atoms with van der Waals surface area (Å²) >= 11 is 1.34. The highest BCUT2D eigenvalue weighted by atomic mass is 127. The molecule has 0 saturated heterocycles. The van der Waals surface area contributed by atoms with E-state index in [-0.39, 0.29) is 4.90 Å². The summed E-state index contributed by atoms with van der Waals surface area (Å²) in [5, 5.41) is 9.63. The molecule has 4 nitrogen and oxygen atoms in total. The van der Waals surface area contributed by atoms with Gasteiger partial charge in [-0.1, -0.05) is 0 Å². The summed E-state index contributed by atoms with van der Waals surface area (Å²) in [6.45, 7) is 1.13. The molecule has 1 aromatic rings. The first-order valence-electron chi connectivity index (χ1n) is 4.56. The molecule has 1 atom stereocenters. The van der Waals surface area contributed by atoms with Crippen LogP contribution in [-0.2, 0) is 14.6 Å². The molecule has 1 unspecified atom stereocenters. The molecule has 0 heterocycles. The van der Waals surface area contributed by atoms with Crippen LogP contribution >= 0.6 is 22.6 Å². The molecule has 94 valence electrons. The lowest BCUT2D eigenvalue weighted by molar-refractivity contribution is -0.122. The lowest BCUT2D eigenvalue weighted by Crippen LogP contribution is -2.39. The fourth-order valence-corrected chi connectivity index (χ4v) is 3.19. The van der Waals surface area contributed by atoms with Crippen LogP contribution in [0.15, 0.2) is 29.2 Å². The van der Waals surface area contributed by atoms with E-state index in [0.717, 1.165) is 31.2 Å². The largest absolute Gasteiger partial charge is 0.380 e. The van der Waals surface area contributed by atoms with Crippen molar-refractivity contribution >= 4 is 36.2 Å². The zero-order chi connectivity index (χ0) is 13.3. The van der Waals surface area contributed by atoms with Crippen LogP contribution in [0.25, 0.3) is 0 Å². The Labute approximate surface area is 112 Å². The van der Waals surface area contributed by atoms with Gasteiger partial charge in [0, 0.05) is 22.6 Å². The summed E-state index contributed by atoms with van der Waals surface area (Å²) in [5.74, 6) is -1.28. The lowest BCUT2D eigenvalue weighted by Gasteiger charge is -2.18. The molecule has 1 aromatic carbocycles. The molecule has 0 bridgehead atoms. The Hall–Kier alpha value is -0.540. The van der Waals surface area contributed by atoms with Crippen LogP contribution in [0.5, 0.6) is 0 Å². The molecule has 0 saturated carbocycles. The first-order chi connectivity index (χ1) is 7.65. The molecule has 0 aliphatic heterocycles. The Morgan fingerprint density at radius 1 is 1.41 bits per heavy atom. The summed E-state index contributed by atoms with van der Waals surface area (Å²) in [4.78, 5) is 10.9. The second kappa shape index (κ2) is 4.99. The van der Waals surface area contributed by atoms with Gasteiger partial charge in [0.2, 0.25) is 3.79 Å². The maximum Gasteiger partial charge on any atom is 0.224 e. The van der Waals surface area contributed by atoms with Crippen LogP contribution < -0.4 is 0 Å². The highest BCUT2D eigenvalue weighted by Gasteiger charge is 2.34. The van der Waals surface area contributed by atoms with Crippen LogP contribution in [0.4, 0.5) is 4.39 Å². The van der Waals surface area contributed by atoms with Crippen molar-refractivity contribution in [3.8, 4) is 0 Å². The minimum atomic E-state index is -3.82. The van der Waals surface area contributed by atoms with Crippen molar-refractivity contribution in [3.05, 3.63) is 30.1 Å². The van der Waals surface area contributed by atoms with Crippen molar-refractivity contribution in [2.45, 2.75) is 17.4 Å². The van der Waals surface area contributed by atoms with Gasteiger partial charge in [0.25, 0.3) is 0 Å². The van der Waals surface area contributed by atoms with Crippen LogP contribution in [-0.4, -0.2) is 28.7 Å². The third kappa shape index (κ3) is 3.71. The second-order valence-electron chi connectivity index (χ2n) is 3.76. The van der Waals surface area contributed by atoms with Gasteiger partial charge in [0.05, 0.1) is 10.6 Å². The standard InChI is InChI=1S/C10H10FIO4S/c1-10(14,9(12)13)6-17(15,16)8-4-2-7(11)3-5-8/h2-5,14H,6H2,1H3. The first-order valence-corrected chi connectivity index (χ1v) is 7.29. The van der Waals surface area contributed by atoms with Gasteiger partial charge in [-0.25, -0.2) is 12.8 Å². The zero-order valence-electron chi connectivity index (χ0n) is 8.85. The number of aliphatic hydroxyl groups is 1. The number of carbonyl (C=O) groups is 1. The highest BCUT2D eigenvalue weighted by Crippen LogP contribution is 2.19. The van der Waals surface area contributed by atoms with Gasteiger partial charge in [0.15, 0.2) is 9.84 Å². The summed E-state index contributed by atoms with van der Waals surface area (Å²) in [6.07, 6.45) is 0. The number of carbonyl (C=O) groups excluding carboxylic acids is 1. The molecule has 0 spiro atoms. The minimum Gasteiger partial charge on any atom is -0.380 e. The monoisotopic (exact) mass is 372 g/mol. The van der Waals surface area contributed by atoms with Crippen molar-refractivity contribution in [2.75, 3.05) is 5.75 Å². The van der Waals surface area contributed by atoms with Crippen molar-refractivity contribution in [1.29, 1.82) is 0 Å². The number of hydrogen-bond acceptors (Lipinski definition) is 4. The number of halogens is 2. The van der Waals surface area contributed by atoms with E-state index < -0.39 is 30.8 Å². The van der Waals surface area contributed by atoms with Gasteiger partial charge in [-0.3, -0.25) is 4.79 Å². The van der Waals surface area contributed by atoms with Crippen molar-refractivity contribution in [3.63, 3.8) is 0 Å². The van der Waals surface area contributed by atoms with Crippen molar-refractivity contribution < 1.29 is 22.7 Å². The van der Waals surface area contributed by atoms with E-state index in [1.807, 2.05) is 0 Å². The molecule has 0 radical (unpaired) electrons. The highest BCUT2D eigenvalue weighted by molar-refractivity contribution is 14.1. The molecular formula is C10H10FIO4S. The average molecular weight is 372 g/mol. The molecule has 0 aliphatic carbocycles. The lowest BCUT2D eigenvalue weighted by atomic mass is 10.2. The summed E-state index contributed by atoms with van der Waals surface area (Å²) < 4.78 is 35.6. The Kier molecular flexibility index (Phi) is 4.26. The quantitative estimate of drug-likeness (QED) is 0.492. The van der Waals surface area contributed by atoms with Crippen molar-refractivity contribution in [1.82, 2.24) is 0 Å². The maximum atomic E-state index is 12.6. The van der Waals surface area contributed by atoms with E-state index >= 15 is 0 Å². The summed E-state index contributed by atoms with van der Waals surface area (Å²) in [7, 11) is -3.82. The van der Waals surface area contributed by atoms with Crippen LogP contribution in [0.3, 0.4) is 0 Å². The number of sulfone groups is 1. The smallest absolute Gasteiger partial charge is 0.224 e. The van der Waals surface area contributed by atoms with E-state index in [2.05, 4.69) is 0 Å². The summed E-state index contributed by atoms with van der Waals surface area (Å²) in [6, 6.07) is 4.21. The Balaban J connectivity index is 3.05. The topological polar surface area (TPSA) is 71.4 Å². The first kappa shape index (κ1) is 14.5. The van der Waals surface area contributed by atoms with Gasteiger partial charge in [-0.15, -0.1) is 0 Å². The van der Waals surface area contributed by atoms with E-state index in [1.54, 1.807) is 0 Å². The molecule has 1 N–H and O–H groups in total. The molecular weight excluding hydrogens is 362 g/mol. The molecule has 17 heavy (non-hydrogen) atoms. The Bertz CT molecular complexity index is 522. The van der Waals surface area contributed by atoms with E-state index in [9.17, 15) is 22.7 Å². The minimum absolute atomic E-state index is 0.128. The fraction of sp³-hybridized carbons (Fsp3) is 0.300. The fourth-order valence-electron chi connectivity index (χ4n) is 1.15. The zero-order valence-corrected chi connectivity index (χ0v) is 11.8. The third-order valence-electron chi connectivity index (χ3n) is 2.07. The average Bonchev–Trinajstić information content (AvgIpc) is 2.16. The van der Waals surface area contributed by atoms with Gasteiger partial charge in [-0.05, 0) is 31.2 Å². The molecule has 0 amide bonds. The number of hydrogen-bond donors (Lipinski definition) is 1. The maximum absolute atomic E-state index is 12.6. The van der Waals surface area contributed by atoms with Crippen LogP contribution in [0.1, 0.15) is 6.92 Å². The Morgan fingerprint density at radius 2 is 1.88 bits per heavy atom. The molecule has 0 aromatic heterocycles. The predicted molar refractivity (Wildman–Crippen MR) is 68.1 cm³/mol. The van der Waals surface area contributed by atoms with Gasteiger partial charge in [0.1, 0.15) is 11.4 Å². The van der Waals surface area contributed by atoms with Gasteiger partial charge >= 0.3 is 0 Å². The van der Waals surface area contributed by atoms with Crippen molar-refractivity contribution in [2.24, 2.45) is 0 Å². The van der Waals surface area contributed by atoms with Gasteiger partial charge < -0.3 is 5.11 Å². The van der Waals surface area contributed by atoms with E-state index in [1.165, 1.54) is 22.6 Å². The Morgan fingerprint density at radius 3 is 2.29 bits per heavy atom. The number of rotatable bonds is 4. The van der Waals surface area contributed by atoms with E-state index in [4.69, 9.17) is 0 Å². The van der Waals surface area contributed by atoms with E-state index in [0.29, 0.717) is 0 Å². The SMILES string of the molecule is CC(O)(CS(=O)(=O)c1ccc(F)cc1)C(=O)I. The predicted octanol–water partition coefficient (Wildman–Crippen LogP) is 1.31. The summed E-state index contributed by atoms with van der Waals surface area (Å²) in [5.41, 5.74) is -1.95. The normalized spacial score (nSPS) is 15.3.